The number of rotatable bonds is 4. The van der Waals surface area contributed by atoms with Gasteiger partial charge in [0.25, 0.3) is 5.82 Å². The van der Waals surface area contributed by atoms with E-state index < -0.39 is 12.0 Å². The topological polar surface area (TPSA) is 78.8 Å². The second-order valence-corrected chi connectivity index (χ2v) is 3.95. The van der Waals surface area contributed by atoms with Gasteiger partial charge in [0, 0.05) is 0 Å². The third kappa shape index (κ3) is 2.72. The molecule has 0 aliphatic rings. The molecule has 1 heterocycles. The maximum atomic E-state index is 12.8. The summed E-state index contributed by atoms with van der Waals surface area (Å²) in [5.74, 6) is -0.623. The van der Waals surface area contributed by atoms with Crippen molar-refractivity contribution in [2.75, 3.05) is 13.7 Å². The number of hydrogen-bond donors (Lipinski definition) is 1. The van der Waals surface area contributed by atoms with Crippen LogP contribution in [0.4, 0.5) is 13.2 Å². The highest BCUT2D eigenvalue weighted by Gasteiger charge is 2.38. The number of benzene rings is 1. The van der Waals surface area contributed by atoms with Gasteiger partial charge >= 0.3 is 6.18 Å². The lowest BCUT2D eigenvalue weighted by Gasteiger charge is -2.11. The summed E-state index contributed by atoms with van der Waals surface area (Å²) in [4.78, 5) is 0. The average Bonchev–Trinajstić information content (AvgIpc) is 2.88. The van der Waals surface area contributed by atoms with Crippen LogP contribution in [0.1, 0.15) is 11.4 Å². The molecule has 0 aliphatic carbocycles. The van der Waals surface area contributed by atoms with Gasteiger partial charge in [0.2, 0.25) is 0 Å². The van der Waals surface area contributed by atoms with E-state index in [0.29, 0.717) is 29.0 Å². The summed E-state index contributed by atoms with van der Waals surface area (Å²) in [5, 5.41) is 9.45. The van der Waals surface area contributed by atoms with Gasteiger partial charge in [0.05, 0.1) is 12.8 Å². The van der Waals surface area contributed by atoms with E-state index in [9.17, 15) is 13.2 Å². The van der Waals surface area contributed by atoms with E-state index in [4.69, 9.17) is 10.5 Å². The number of nitrogens with zero attached hydrogens (tertiary/aromatic N) is 4. The van der Waals surface area contributed by atoms with E-state index >= 15 is 0 Å². The molecule has 0 bridgehead atoms. The van der Waals surface area contributed by atoms with Crippen LogP contribution in [0.15, 0.2) is 18.2 Å². The van der Waals surface area contributed by atoms with Crippen molar-refractivity contribution in [3.8, 4) is 11.4 Å². The van der Waals surface area contributed by atoms with Crippen LogP contribution in [-0.4, -0.2) is 33.9 Å². The first-order valence-corrected chi connectivity index (χ1v) is 5.70. The Balaban J connectivity index is 2.49. The first-order chi connectivity index (χ1) is 9.47. The zero-order chi connectivity index (χ0) is 14.8. The molecular weight excluding hydrogens is 275 g/mol. The van der Waals surface area contributed by atoms with Crippen molar-refractivity contribution in [3.05, 3.63) is 29.6 Å². The Labute approximate surface area is 112 Å². The molecule has 0 spiro atoms. The van der Waals surface area contributed by atoms with Crippen LogP contribution in [0.3, 0.4) is 0 Å². The Kier molecular flexibility index (Phi) is 3.89. The lowest BCUT2D eigenvalue weighted by atomic mass is 10.1. The molecule has 0 fully saturated rings. The minimum absolute atomic E-state index is 0.201. The molecule has 0 saturated carbocycles. The molecule has 0 radical (unpaired) electrons. The predicted molar refractivity (Wildman–Crippen MR) is 63.5 cm³/mol. The van der Waals surface area contributed by atoms with Crippen LogP contribution in [0.25, 0.3) is 5.69 Å². The van der Waals surface area contributed by atoms with Crippen LogP contribution in [0.5, 0.6) is 5.75 Å². The summed E-state index contributed by atoms with van der Waals surface area (Å²) in [7, 11) is 1.48. The van der Waals surface area contributed by atoms with Gasteiger partial charge < -0.3 is 10.5 Å². The number of ether oxygens (including phenoxy) is 1. The smallest absolute Gasteiger partial charge is 0.453 e. The highest BCUT2D eigenvalue weighted by molar-refractivity contribution is 5.44. The summed E-state index contributed by atoms with van der Waals surface area (Å²) >= 11 is 0. The fraction of sp³-hybridized carbons (Fsp3) is 0.364. The lowest BCUT2D eigenvalue weighted by Crippen LogP contribution is -2.15. The Morgan fingerprint density at radius 3 is 2.70 bits per heavy atom. The van der Waals surface area contributed by atoms with Gasteiger partial charge in [-0.25, -0.2) is 0 Å². The second-order valence-electron chi connectivity index (χ2n) is 3.95. The van der Waals surface area contributed by atoms with Gasteiger partial charge in [-0.1, -0.05) is 0 Å². The van der Waals surface area contributed by atoms with Gasteiger partial charge in [-0.3, -0.25) is 0 Å². The molecule has 2 rings (SSSR count). The van der Waals surface area contributed by atoms with Crippen molar-refractivity contribution >= 4 is 0 Å². The number of aromatic nitrogens is 4. The van der Waals surface area contributed by atoms with Crippen LogP contribution in [-0.2, 0) is 12.6 Å². The third-order valence-corrected chi connectivity index (χ3v) is 2.65. The molecule has 0 amide bonds. The van der Waals surface area contributed by atoms with E-state index in [1.54, 1.807) is 6.07 Å². The maximum absolute atomic E-state index is 12.8. The molecular formula is C11H12F3N5O. The summed E-state index contributed by atoms with van der Waals surface area (Å²) in [6.07, 6.45) is -4.15. The molecule has 9 heteroatoms. The number of methoxy groups -OCH3 is 1. The van der Waals surface area contributed by atoms with Crippen LogP contribution >= 0.6 is 0 Å². The molecule has 20 heavy (non-hydrogen) atoms. The first-order valence-electron chi connectivity index (χ1n) is 5.70. The zero-order valence-electron chi connectivity index (χ0n) is 10.6. The van der Waals surface area contributed by atoms with Gasteiger partial charge in [-0.15, -0.1) is 5.10 Å². The van der Waals surface area contributed by atoms with E-state index in [-0.39, 0.29) is 5.69 Å². The van der Waals surface area contributed by atoms with Crippen LogP contribution in [0, 0.1) is 0 Å². The van der Waals surface area contributed by atoms with Crippen molar-refractivity contribution in [2.24, 2.45) is 5.73 Å². The molecule has 6 nitrogen and oxygen atoms in total. The molecule has 2 N–H and O–H groups in total. The van der Waals surface area contributed by atoms with Crippen LogP contribution < -0.4 is 10.5 Å². The number of tetrazole rings is 1. The summed E-state index contributed by atoms with van der Waals surface area (Å²) in [6.45, 7) is 0.349. The number of hydrogen-bond acceptors (Lipinski definition) is 5. The Bertz CT molecular complexity index is 596. The van der Waals surface area contributed by atoms with Gasteiger partial charge in [0.1, 0.15) is 5.75 Å². The normalized spacial score (nSPS) is 11.7. The highest BCUT2D eigenvalue weighted by atomic mass is 19.4. The predicted octanol–water partition coefficient (Wildman–Crippen LogP) is 1.19. The standard InChI is InChI=1S/C11H12F3N5O/c1-20-9-3-2-8(6-7(9)4-5-15)19-10(11(12,13)14)16-17-18-19/h2-3,6H,4-5,15H2,1H3. The fourth-order valence-electron chi connectivity index (χ4n) is 1.79. The minimum Gasteiger partial charge on any atom is -0.496 e. The van der Waals surface area contributed by atoms with Gasteiger partial charge in [0.15, 0.2) is 0 Å². The van der Waals surface area contributed by atoms with E-state index in [0.717, 1.165) is 0 Å². The Hall–Kier alpha value is -2.16. The summed E-state index contributed by atoms with van der Waals surface area (Å²) in [5.41, 5.74) is 6.36. The third-order valence-electron chi connectivity index (χ3n) is 2.65. The van der Waals surface area contributed by atoms with Crippen molar-refractivity contribution < 1.29 is 17.9 Å². The van der Waals surface area contributed by atoms with Crippen molar-refractivity contribution in [1.82, 2.24) is 20.2 Å². The quantitative estimate of drug-likeness (QED) is 0.913. The first kappa shape index (κ1) is 14.3. The number of nitrogens with two attached hydrogens (primary N) is 1. The molecule has 2 aromatic rings. The number of halogens is 3. The lowest BCUT2D eigenvalue weighted by molar-refractivity contribution is -0.146. The van der Waals surface area contributed by atoms with E-state index in [1.165, 1.54) is 19.2 Å². The fourth-order valence-corrected chi connectivity index (χ4v) is 1.79. The molecule has 0 saturated heterocycles. The summed E-state index contributed by atoms with van der Waals surface area (Å²) < 4.78 is 44.0. The van der Waals surface area contributed by atoms with Gasteiger partial charge in [-0.05, 0) is 47.2 Å². The summed E-state index contributed by atoms with van der Waals surface area (Å²) in [6, 6.07) is 4.53. The zero-order valence-corrected chi connectivity index (χ0v) is 10.6. The van der Waals surface area contributed by atoms with Crippen LogP contribution in [0.2, 0.25) is 0 Å². The molecule has 0 unspecified atom stereocenters. The van der Waals surface area contributed by atoms with Crippen molar-refractivity contribution in [2.45, 2.75) is 12.6 Å². The van der Waals surface area contributed by atoms with Gasteiger partial charge in [-0.2, -0.15) is 17.9 Å². The molecule has 0 atom stereocenters. The average molecular weight is 287 g/mol. The molecule has 1 aromatic carbocycles. The number of alkyl halides is 3. The Morgan fingerprint density at radius 1 is 1.35 bits per heavy atom. The SMILES string of the molecule is COc1ccc(-n2nnnc2C(F)(F)F)cc1CCN. The monoisotopic (exact) mass is 287 g/mol. The minimum atomic E-state index is -4.63. The Morgan fingerprint density at radius 2 is 2.10 bits per heavy atom. The molecule has 1 aromatic heterocycles. The van der Waals surface area contributed by atoms with Crippen molar-refractivity contribution in [3.63, 3.8) is 0 Å². The van der Waals surface area contributed by atoms with E-state index in [2.05, 4.69) is 15.5 Å². The highest BCUT2D eigenvalue weighted by Crippen LogP contribution is 2.29. The van der Waals surface area contributed by atoms with Crippen molar-refractivity contribution in [1.29, 1.82) is 0 Å². The maximum Gasteiger partial charge on any atom is 0.453 e. The largest absolute Gasteiger partial charge is 0.496 e. The van der Waals surface area contributed by atoms with E-state index in [1.807, 2.05) is 0 Å². The molecule has 0 aliphatic heterocycles. The molecule has 108 valence electrons. The second kappa shape index (κ2) is 5.45.